The van der Waals surface area contributed by atoms with Crippen molar-refractivity contribution in [3.63, 3.8) is 0 Å². The average Bonchev–Trinajstić information content (AvgIpc) is 2.20. The second kappa shape index (κ2) is 5.66. The van der Waals surface area contributed by atoms with Crippen LogP contribution in [0, 0.1) is 0 Å². The number of aliphatic hydroxyl groups is 1. The third kappa shape index (κ3) is 4.49. The summed E-state index contributed by atoms with van der Waals surface area (Å²) in [6.07, 6.45) is -5.47. The summed E-state index contributed by atoms with van der Waals surface area (Å²) in [5.41, 5.74) is 0.617. The number of rotatable bonds is 4. The van der Waals surface area contributed by atoms with Crippen molar-refractivity contribution in [3.8, 4) is 0 Å². The van der Waals surface area contributed by atoms with Crippen molar-refractivity contribution < 1.29 is 18.3 Å². The van der Waals surface area contributed by atoms with Crippen molar-refractivity contribution in [2.75, 3.05) is 13.6 Å². The number of likely N-dealkylation sites (N-methyl/N-ethyl adjacent to an activating group) is 1. The van der Waals surface area contributed by atoms with Gasteiger partial charge in [-0.3, -0.25) is 4.90 Å². The predicted octanol–water partition coefficient (Wildman–Crippen LogP) is 2.09. The van der Waals surface area contributed by atoms with Crippen molar-refractivity contribution in [1.29, 1.82) is 0 Å². The van der Waals surface area contributed by atoms with Gasteiger partial charge in [0.25, 0.3) is 0 Å². The van der Waals surface area contributed by atoms with Crippen LogP contribution < -0.4 is 0 Å². The Morgan fingerprint density at radius 2 is 2.18 bits per heavy atom. The minimum Gasteiger partial charge on any atom is -0.382 e. The fourth-order valence-electron chi connectivity index (χ4n) is 1.29. The highest BCUT2D eigenvalue weighted by Crippen LogP contribution is 2.21. The van der Waals surface area contributed by atoms with Gasteiger partial charge in [-0.05, 0) is 13.1 Å². The third-order valence-electron chi connectivity index (χ3n) is 2.14. The molecule has 0 saturated heterocycles. The van der Waals surface area contributed by atoms with Gasteiger partial charge < -0.3 is 5.11 Å². The number of hydrogen-bond donors (Lipinski definition) is 1. The van der Waals surface area contributed by atoms with E-state index >= 15 is 0 Å². The molecule has 1 atom stereocenters. The second-order valence-electron chi connectivity index (χ2n) is 3.71. The number of aliphatic hydroxyl groups excluding tert-OH is 1. The minimum atomic E-state index is -4.60. The normalized spacial score (nSPS) is 14.1. The van der Waals surface area contributed by atoms with E-state index in [1.165, 1.54) is 18.1 Å². The molecule has 0 bridgehead atoms. The molecule has 1 aromatic heterocycles. The van der Waals surface area contributed by atoms with Crippen LogP contribution in [-0.2, 0) is 6.54 Å². The molecule has 1 unspecified atom stereocenters. The first-order valence-electron chi connectivity index (χ1n) is 4.83. The SMILES string of the molecule is CN(Cc1cccnc1Cl)CC(O)C(F)(F)F. The zero-order chi connectivity index (χ0) is 13.1. The fourth-order valence-corrected chi connectivity index (χ4v) is 1.47. The minimum absolute atomic E-state index is 0.194. The summed E-state index contributed by atoms with van der Waals surface area (Å²) in [4.78, 5) is 5.15. The van der Waals surface area contributed by atoms with E-state index in [2.05, 4.69) is 4.98 Å². The van der Waals surface area contributed by atoms with Gasteiger partial charge in [-0.2, -0.15) is 13.2 Å². The van der Waals surface area contributed by atoms with Gasteiger partial charge in [-0.15, -0.1) is 0 Å². The molecule has 0 amide bonds. The molecular weight excluding hydrogens is 257 g/mol. The lowest BCUT2D eigenvalue weighted by atomic mass is 10.2. The Kier molecular flexibility index (Phi) is 4.73. The number of aromatic nitrogens is 1. The van der Waals surface area contributed by atoms with Crippen LogP contribution in [0.5, 0.6) is 0 Å². The van der Waals surface area contributed by atoms with Crippen LogP contribution in [0.25, 0.3) is 0 Å². The maximum absolute atomic E-state index is 12.1. The monoisotopic (exact) mass is 268 g/mol. The maximum Gasteiger partial charge on any atom is 0.415 e. The lowest BCUT2D eigenvalue weighted by Gasteiger charge is -2.22. The van der Waals surface area contributed by atoms with E-state index in [9.17, 15) is 13.2 Å². The van der Waals surface area contributed by atoms with Crippen molar-refractivity contribution in [2.45, 2.75) is 18.8 Å². The molecule has 0 aliphatic heterocycles. The Morgan fingerprint density at radius 3 is 2.71 bits per heavy atom. The van der Waals surface area contributed by atoms with E-state index < -0.39 is 18.8 Å². The summed E-state index contributed by atoms with van der Waals surface area (Å²) in [5.74, 6) is 0. The third-order valence-corrected chi connectivity index (χ3v) is 2.48. The molecule has 1 aromatic rings. The summed E-state index contributed by atoms with van der Waals surface area (Å²) in [6, 6.07) is 3.32. The first-order valence-corrected chi connectivity index (χ1v) is 5.21. The molecule has 17 heavy (non-hydrogen) atoms. The van der Waals surface area contributed by atoms with E-state index in [0.29, 0.717) is 5.56 Å². The molecule has 96 valence electrons. The highest BCUT2D eigenvalue weighted by molar-refractivity contribution is 6.30. The van der Waals surface area contributed by atoms with Gasteiger partial charge in [-0.1, -0.05) is 17.7 Å². The molecule has 3 nitrogen and oxygen atoms in total. The first kappa shape index (κ1) is 14.2. The molecule has 0 aliphatic rings. The highest BCUT2D eigenvalue weighted by Gasteiger charge is 2.38. The van der Waals surface area contributed by atoms with Crippen LogP contribution in [-0.4, -0.2) is 40.9 Å². The smallest absolute Gasteiger partial charge is 0.382 e. The Hall–Kier alpha value is -0.850. The molecule has 7 heteroatoms. The average molecular weight is 269 g/mol. The van der Waals surface area contributed by atoms with Gasteiger partial charge in [0.1, 0.15) is 5.15 Å². The number of hydrogen-bond acceptors (Lipinski definition) is 3. The molecular formula is C10H12ClF3N2O. The first-order chi connectivity index (χ1) is 7.80. The summed E-state index contributed by atoms with van der Waals surface area (Å²) in [5, 5.41) is 9.14. The predicted molar refractivity (Wildman–Crippen MR) is 57.6 cm³/mol. The summed E-state index contributed by atoms with van der Waals surface area (Å²) < 4.78 is 36.3. The van der Waals surface area contributed by atoms with Crippen LogP contribution in [0.15, 0.2) is 18.3 Å². The highest BCUT2D eigenvalue weighted by atomic mass is 35.5. The van der Waals surface area contributed by atoms with E-state index in [1.807, 2.05) is 0 Å². The molecule has 0 aromatic carbocycles. The van der Waals surface area contributed by atoms with Gasteiger partial charge in [0.05, 0.1) is 0 Å². The lowest BCUT2D eigenvalue weighted by Crippen LogP contribution is -2.39. The quantitative estimate of drug-likeness (QED) is 0.850. The van der Waals surface area contributed by atoms with Crippen LogP contribution in [0.4, 0.5) is 13.2 Å². The van der Waals surface area contributed by atoms with Crippen LogP contribution in [0.1, 0.15) is 5.56 Å². The molecule has 0 aliphatic carbocycles. The zero-order valence-corrected chi connectivity index (χ0v) is 9.83. The zero-order valence-electron chi connectivity index (χ0n) is 9.08. The number of alkyl halides is 3. The van der Waals surface area contributed by atoms with E-state index in [1.54, 1.807) is 12.1 Å². The summed E-state index contributed by atoms with van der Waals surface area (Å²) in [7, 11) is 1.47. The van der Waals surface area contributed by atoms with Crippen molar-refractivity contribution in [2.24, 2.45) is 0 Å². The lowest BCUT2D eigenvalue weighted by molar-refractivity contribution is -0.207. The topological polar surface area (TPSA) is 36.4 Å². The molecule has 0 saturated carbocycles. The molecule has 1 heterocycles. The van der Waals surface area contributed by atoms with E-state index in [4.69, 9.17) is 16.7 Å². The van der Waals surface area contributed by atoms with Crippen molar-refractivity contribution in [3.05, 3.63) is 29.0 Å². The maximum atomic E-state index is 12.1. The van der Waals surface area contributed by atoms with Crippen LogP contribution in [0.3, 0.4) is 0 Å². The van der Waals surface area contributed by atoms with E-state index in [-0.39, 0.29) is 11.7 Å². The number of pyridine rings is 1. The Morgan fingerprint density at radius 1 is 1.53 bits per heavy atom. The summed E-state index contributed by atoms with van der Waals surface area (Å²) >= 11 is 5.77. The van der Waals surface area contributed by atoms with Crippen molar-refractivity contribution >= 4 is 11.6 Å². The fraction of sp³-hybridized carbons (Fsp3) is 0.500. The Bertz CT molecular complexity index is 373. The molecule has 1 N–H and O–H groups in total. The molecule has 0 radical (unpaired) electrons. The van der Waals surface area contributed by atoms with Gasteiger partial charge in [-0.25, -0.2) is 4.98 Å². The number of nitrogens with zero attached hydrogens (tertiary/aromatic N) is 2. The second-order valence-corrected chi connectivity index (χ2v) is 4.07. The van der Waals surface area contributed by atoms with Gasteiger partial charge in [0.2, 0.25) is 0 Å². The molecule has 0 spiro atoms. The standard InChI is InChI=1S/C10H12ClF3N2O/c1-16(6-8(17)10(12,13)14)5-7-3-2-4-15-9(7)11/h2-4,8,17H,5-6H2,1H3. The summed E-state index contributed by atoms with van der Waals surface area (Å²) in [6.45, 7) is -0.311. The van der Waals surface area contributed by atoms with Gasteiger partial charge >= 0.3 is 6.18 Å². The van der Waals surface area contributed by atoms with Gasteiger partial charge in [0, 0.05) is 24.8 Å². The largest absolute Gasteiger partial charge is 0.415 e. The van der Waals surface area contributed by atoms with Crippen LogP contribution in [0.2, 0.25) is 5.15 Å². The van der Waals surface area contributed by atoms with Gasteiger partial charge in [0.15, 0.2) is 6.10 Å². The molecule has 1 rings (SSSR count). The Balaban J connectivity index is 2.56. The van der Waals surface area contributed by atoms with Crippen LogP contribution >= 0.6 is 11.6 Å². The van der Waals surface area contributed by atoms with Crippen molar-refractivity contribution in [1.82, 2.24) is 9.88 Å². The molecule has 0 fully saturated rings. The Labute approximate surface area is 102 Å². The van der Waals surface area contributed by atoms with E-state index in [0.717, 1.165) is 0 Å². The number of halogens is 4.